The van der Waals surface area contributed by atoms with Gasteiger partial charge in [0, 0.05) is 24.9 Å². The van der Waals surface area contributed by atoms with Crippen LogP contribution in [0.25, 0.3) is 0 Å². The number of aromatic nitrogens is 1. The molecule has 1 unspecified atom stereocenters. The van der Waals surface area contributed by atoms with E-state index in [1.54, 1.807) is 14.0 Å². The highest BCUT2D eigenvalue weighted by Gasteiger charge is 2.17. The largest absolute Gasteiger partial charge is 0.481 e. The van der Waals surface area contributed by atoms with Gasteiger partial charge in [0.1, 0.15) is 5.76 Å². The molecule has 20 heavy (non-hydrogen) atoms. The molecule has 1 aromatic rings. The van der Waals surface area contributed by atoms with E-state index in [1.165, 1.54) is 16.7 Å². The van der Waals surface area contributed by atoms with Crippen molar-refractivity contribution in [3.05, 3.63) is 17.0 Å². The number of aryl methyl sites for hydroxylation is 2. The van der Waals surface area contributed by atoms with E-state index in [0.717, 1.165) is 17.0 Å². The number of rotatable bonds is 7. The number of carboxylic acids is 1. The molecule has 0 saturated carbocycles. The zero-order chi connectivity index (χ0) is 15.3. The minimum Gasteiger partial charge on any atom is -0.481 e. The van der Waals surface area contributed by atoms with Crippen LogP contribution in [0.1, 0.15) is 23.9 Å². The zero-order valence-electron chi connectivity index (χ0n) is 12.2. The molecule has 0 bridgehead atoms. The fraction of sp³-hybridized carbons (Fsp3) is 0.615. The van der Waals surface area contributed by atoms with Crippen molar-refractivity contribution in [2.24, 2.45) is 5.92 Å². The Bertz CT molecular complexity index is 467. The Kier molecular flexibility index (Phi) is 6.06. The maximum absolute atomic E-state index is 11.9. The summed E-state index contributed by atoms with van der Waals surface area (Å²) in [5.74, 6) is 0.219. The summed E-state index contributed by atoms with van der Waals surface area (Å²) < 4.78 is 5.06. The minimum atomic E-state index is -0.895. The Morgan fingerprint density at radius 2 is 2.10 bits per heavy atom. The van der Waals surface area contributed by atoms with Gasteiger partial charge < -0.3 is 14.5 Å². The highest BCUT2D eigenvalue weighted by atomic mass is 32.2. The van der Waals surface area contributed by atoms with Gasteiger partial charge in [0.2, 0.25) is 5.91 Å². The van der Waals surface area contributed by atoms with E-state index < -0.39 is 11.9 Å². The summed E-state index contributed by atoms with van der Waals surface area (Å²) in [6.07, 6.45) is 0. The van der Waals surface area contributed by atoms with E-state index in [0.29, 0.717) is 11.5 Å². The first-order valence-electron chi connectivity index (χ1n) is 6.29. The summed E-state index contributed by atoms with van der Waals surface area (Å²) in [7, 11) is 1.62. The average Bonchev–Trinajstić information content (AvgIpc) is 2.69. The number of aliphatic carboxylic acids is 1. The maximum atomic E-state index is 11.9. The van der Waals surface area contributed by atoms with E-state index in [4.69, 9.17) is 9.63 Å². The van der Waals surface area contributed by atoms with Gasteiger partial charge in [0.05, 0.1) is 17.4 Å². The molecule has 0 fully saturated rings. The lowest BCUT2D eigenvalue weighted by Crippen LogP contribution is -2.34. The molecule has 1 heterocycles. The van der Waals surface area contributed by atoms with Crippen LogP contribution in [0.15, 0.2) is 4.52 Å². The maximum Gasteiger partial charge on any atom is 0.308 e. The van der Waals surface area contributed by atoms with Crippen LogP contribution in [-0.2, 0) is 15.3 Å². The molecule has 1 rings (SSSR count). The molecule has 0 radical (unpaired) electrons. The molecule has 1 aromatic heterocycles. The van der Waals surface area contributed by atoms with E-state index in [2.05, 4.69) is 5.16 Å². The van der Waals surface area contributed by atoms with Gasteiger partial charge in [-0.05, 0) is 13.8 Å². The van der Waals surface area contributed by atoms with Crippen LogP contribution < -0.4 is 0 Å². The van der Waals surface area contributed by atoms with Gasteiger partial charge in [-0.25, -0.2) is 0 Å². The quantitative estimate of drug-likeness (QED) is 0.825. The second-order valence-electron chi connectivity index (χ2n) is 4.81. The summed E-state index contributed by atoms with van der Waals surface area (Å²) in [6.45, 7) is 5.52. The summed E-state index contributed by atoms with van der Waals surface area (Å²) in [6, 6.07) is 0. The van der Waals surface area contributed by atoms with Crippen molar-refractivity contribution >= 4 is 23.6 Å². The number of carboxylic acid groups (broad SMARTS) is 1. The summed E-state index contributed by atoms with van der Waals surface area (Å²) >= 11 is 1.47. The first-order valence-corrected chi connectivity index (χ1v) is 7.44. The Labute approximate surface area is 122 Å². The van der Waals surface area contributed by atoms with E-state index in [1.807, 2.05) is 13.8 Å². The number of thioether (sulfide) groups is 1. The van der Waals surface area contributed by atoms with Gasteiger partial charge >= 0.3 is 5.97 Å². The fourth-order valence-corrected chi connectivity index (χ4v) is 2.76. The Balaban J connectivity index is 2.38. The fourth-order valence-electron chi connectivity index (χ4n) is 1.65. The predicted octanol–water partition coefficient (Wildman–Crippen LogP) is 1.70. The van der Waals surface area contributed by atoms with Crippen molar-refractivity contribution in [1.82, 2.24) is 10.1 Å². The van der Waals surface area contributed by atoms with Gasteiger partial charge in [-0.3, -0.25) is 9.59 Å². The van der Waals surface area contributed by atoms with Crippen molar-refractivity contribution in [3.8, 4) is 0 Å². The van der Waals surface area contributed by atoms with Crippen LogP contribution in [0, 0.1) is 19.8 Å². The molecule has 0 aliphatic carbocycles. The summed E-state index contributed by atoms with van der Waals surface area (Å²) in [5.41, 5.74) is 1.86. The van der Waals surface area contributed by atoms with Crippen LogP contribution in [0.2, 0.25) is 0 Å². The molecule has 1 amide bonds. The van der Waals surface area contributed by atoms with Crippen LogP contribution in [0.4, 0.5) is 0 Å². The second kappa shape index (κ2) is 7.33. The smallest absolute Gasteiger partial charge is 0.308 e. The Hall–Kier alpha value is -1.50. The van der Waals surface area contributed by atoms with Crippen molar-refractivity contribution in [3.63, 3.8) is 0 Å². The third-order valence-electron chi connectivity index (χ3n) is 3.05. The molecular weight excluding hydrogens is 280 g/mol. The van der Waals surface area contributed by atoms with Crippen LogP contribution in [0.3, 0.4) is 0 Å². The number of carbonyl (C=O) groups excluding carboxylic acids is 1. The lowest BCUT2D eigenvalue weighted by molar-refractivity contribution is -0.142. The van der Waals surface area contributed by atoms with Crippen molar-refractivity contribution in [2.75, 3.05) is 19.3 Å². The molecule has 0 aliphatic heterocycles. The molecule has 6 nitrogen and oxygen atoms in total. The molecule has 1 atom stereocenters. The van der Waals surface area contributed by atoms with E-state index in [-0.39, 0.29) is 12.5 Å². The third-order valence-corrected chi connectivity index (χ3v) is 3.99. The monoisotopic (exact) mass is 300 g/mol. The number of hydrogen-bond acceptors (Lipinski definition) is 5. The highest BCUT2D eigenvalue weighted by Crippen LogP contribution is 2.19. The van der Waals surface area contributed by atoms with Crippen molar-refractivity contribution in [2.45, 2.75) is 26.5 Å². The summed E-state index contributed by atoms with van der Waals surface area (Å²) in [5, 5.41) is 12.7. The zero-order valence-corrected chi connectivity index (χ0v) is 13.0. The third kappa shape index (κ3) is 4.56. The Morgan fingerprint density at radius 3 is 2.60 bits per heavy atom. The van der Waals surface area contributed by atoms with Gasteiger partial charge in [-0.1, -0.05) is 12.1 Å². The number of amides is 1. The first-order chi connectivity index (χ1) is 9.32. The topological polar surface area (TPSA) is 83.6 Å². The molecular formula is C13H20N2O4S. The van der Waals surface area contributed by atoms with Crippen LogP contribution in [0.5, 0.6) is 0 Å². The van der Waals surface area contributed by atoms with Gasteiger partial charge in [-0.15, -0.1) is 11.8 Å². The average molecular weight is 300 g/mol. The van der Waals surface area contributed by atoms with Crippen molar-refractivity contribution < 1.29 is 19.2 Å². The second-order valence-corrected chi connectivity index (χ2v) is 5.79. The van der Waals surface area contributed by atoms with Crippen molar-refractivity contribution in [1.29, 1.82) is 0 Å². The molecule has 1 N–H and O–H groups in total. The lowest BCUT2D eigenvalue weighted by atomic mass is 10.2. The SMILES string of the molecule is Cc1noc(C)c1CSCC(=O)N(C)CC(C)C(=O)O. The molecule has 112 valence electrons. The Morgan fingerprint density at radius 1 is 1.45 bits per heavy atom. The van der Waals surface area contributed by atoms with E-state index in [9.17, 15) is 9.59 Å². The summed E-state index contributed by atoms with van der Waals surface area (Å²) in [4.78, 5) is 24.1. The van der Waals surface area contributed by atoms with Crippen LogP contribution >= 0.6 is 11.8 Å². The number of hydrogen-bond donors (Lipinski definition) is 1. The van der Waals surface area contributed by atoms with Gasteiger partial charge in [0.25, 0.3) is 0 Å². The molecule has 0 aliphatic rings. The number of carbonyl (C=O) groups is 2. The highest BCUT2D eigenvalue weighted by molar-refractivity contribution is 7.99. The van der Waals surface area contributed by atoms with Gasteiger partial charge in [-0.2, -0.15) is 0 Å². The molecule has 0 aromatic carbocycles. The first kappa shape index (κ1) is 16.6. The number of nitrogens with zero attached hydrogens (tertiary/aromatic N) is 2. The molecule has 7 heteroatoms. The predicted molar refractivity (Wildman–Crippen MR) is 76.6 cm³/mol. The minimum absolute atomic E-state index is 0.0742. The lowest BCUT2D eigenvalue weighted by Gasteiger charge is -2.19. The van der Waals surface area contributed by atoms with E-state index >= 15 is 0 Å². The molecule has 0 saturated heterocycles. The normalized spacial score (nSPS) is 12.2. The van der Waals surface area contributed by atoms with Crippen LogP contribution in [-0.4, -0.2) is 46.4 Å². The standard InChI is InChI=1S/C13H20N2O4S/c1-8(13(17)18)5-15(4)12(16)7-20-6-11-9(2)14-19-10(11)3/h8H,5-7H2,1-4H3,(H,17,18). The van der Waals surface area contributed by atoms with Gasteiger partial charge in [0.15, 0.2) is 0 Å². The molecule has 0 spiro atoms.